The number of Topliss-reactive ketones (excluding diaryl/α,β-unsaturated/α-hetero) is 1. The molecule has 0 aliphatic heterocycles. The molecule has 146 valence electrons. The Morgan fingerprint density at radius 3 is 2.29 bits per heavy atom. The molecule has 0 saturated heterocycles. The van der Waals surface area contributed by atoms with Gasteiger partial charge in [0.15, 0.2) is 17.3 Å². The van der Waals surface area contributed by atoms with E-state index in [1.165, 1.54) is 11.9 Å². The van der Waals surface area contributed by atoms with Crippen molar-refractivity contribution < 1.29 is 19.0 Å². The summed E-state index contributed by atoms with van der Waals surface area (Å²) in [6.45, 7) is 0. The molecular weight excluding hydrogens is 446 g/mol. The summed E-state index contributed by atoms with van der Waals surface area (Å²) < 4.78 is 18.6. The first-order valence-corrected chi connectivity index (χ1v) is 9.94. The lowest BCUT2D eigenvalue weighted by Gasteiger charge is -2.13. The molecule has 0 fully saturated rings. The van der Waals surface area contributed by atoms with Crippen LogP contribution < -0.4 is 14.2 Å². The summed E-state index contributed by atoms with van der Waals surface area (Å²) in [5.74, 6) is 1.84. The summed E-state index contributed by atoms with van der Waals surface area (Å²) >= 11 is 4.63. The van der Waals surface area contributed by atoms with Gasteiger partial charge in [0.2, 0.25) is 5.75 Å². The molecule has 7 nitrogen and oxygen atoms in total. The standard InChI is InChI=1S/C19H18BrN3O4S/c1-25-17-8-13(9-18(26-2)19(17)27-3)15-10-23(22-21-15)28-11-16(24)12-4-6-14(20)7-5-12/h4-10H,11H2,1-3H3. The zero-order valence-corrected chi connectivity index (χ0v) is 17.9. The predicted octanol–water partition coefficient (Wildman–Crippen LogP) is 4.11. The molecular formula is C19H18BrN3O4S. The normalized spacial score (nSPS) is 10.6. The van der Waals surface area contributed by atoms with Crippen molar-refractivity contribution in [3.8, 4) is 28.5 Å². The molecule has 0 bridgehead atoms. The third kappa shape index (κ3) is 4.48. The Kier molecular flexibility index (Phi) is 6.58. The van der Waals surface area contributed by atoms with Gasteiger partial charge in [0.25, 0.3) is 0 Å². The van der Waals surface area contributed by atoms with Crippen molar-refractivity contribution in [2.24, 2.45) is 0 Å². The van der Waals surface area contributed by atoms with Gasteiger partial charge >= 0.3 is 0 Å². The zero-order chi connectivity index (χ0) is 20.1. The SMILES string of the molecule is COc1cc(-c2cn(SCC(=O)c3ccc(Br)cc3)nn2)cc(OC)c1OC. The van der Waals surface area contributed by atoms with E-state index in [2.05, 4.69) is 26.2 Å². The molecule has 0 aliphatic carbocycles. The maximum atomic E-state index is 12.3. The van der Waals surface area contributed by atoms with Gasteiger partial charge < -0.3 is 14.2 Å². The van der Waals surface area contributed by atoms with E-state index in [1.54, 1.807) is 55.9 Å². The minimum atomic E-state index is 0.0161. The lowest BCUT2D eigenvalue weighted by molar-refractivity contribution is 0.102. The van der Waals surface area contributed by atoms with Gasteiger partial charge in [-0.25, -0.2) is 0 Å². The molecule has 2 aromatic carbocycles. The van der Waals surface area contributed by atoms with Crippen LogP contribution in [-0.4, -0.2) is 47.3 Å². The molecule has 0 atom stereocenters. The average Bonchev–Trinajstić information content (AvgIpc) is 3.20. The van der Waals surface area contributed by atoms with Gasteiger partial charge in [-0.2, -0.15) is 4.09 Å². The van der Waals surface area contributed by atoms with Crippen LogP contribution in [0.1, 0.15) is 10.4 Å². The van der Waals surface area contributed by atoms with Gasteiger partial charge in [0.05, 0.1) is 33.3 Å². The van der Waals surface area contributed by atoms with Crippen molar-refractivity contribution in [2.45, 2.75) is 0 Å². The van der Waals surface area contributed by atoms with Gasteiger partial charge in [-0.3, -0.25) is 4.79 Å². The number of carbonyl (C=O) groups is 1. The topological polar surface area (TPSA) is 75.5 Å². The Labute approximate surface area is 175 Å². The van der Waals surface area contributed by atoms with E-state index >= 15 is 0 Å². The third-order valence-corrected chi connectivity index (χ3v) is 5.29. The Bertz CT molecular complexity index is 951. The lowest BCUT2D eigenvalue weighted by Crippen LogP contribution is -2.04. The fourth-order valence-electron chi connectivity index (χ4n) is 2.52. The van der Waals surface area contributed by atoms with Crippen molar-refractivity contribution in [2.75, 3.05) is 27.1 Å². The number of aromatic nitrogens is 3. The molecule has 3 aromatic rings. The molecule has 0 N–H and O–H groups in total. The molecule has 0 aliphatic rings. The second-order valence-corrected chi connectivity index (χ2v) is 7.46. The predicted molar refractivity (Wildman–Crippen MR) is 111 cm³/mol. The number of rotatable bonds is 8. The van der Waals surface area contributed by atoms with Crippen molar-refractivity contribution in [1.82, 2.24) is 14.4 Å². The Balaban J connectivity index is 1.75. The molecule has 1 heterocycles. The first kappa shape index (κ1) is 20.2. The largest absolute Gasteiger partial charge is 0.493 e. The molecule has 0 amide bonds. The highest BCUT2D eigenvalue weighted by Crippen LogP contribution is 2.40. The Hall–Kier alpha value is -2.52. The first-order chi connectivity index (χ1) is 13.5. The summed E-state index contributed by atoms with van der Waals surface area (Å²) in [6.07, 6.45) is 1.75. The quantitative estimate of drug-likeness (QED) is 0.465. The molecule has 1 aromatic heterocycles. The van der Waals surface area contributed by atoms with Crippen LogP contribution in [-0.2, 0) is 0 Å². The van der Waals surface area contributed by atoms with Crippen LogP contribution >= 0.6 is 27.9 Å². The zero-order valence-electron chi connectivity index (χ0n) is 15.5. The van der Waals surface area contributed by atoms with E-state index in [-0.39, 0.29) is 11.5 Å². The second-order valence-electron chi connectivity index (χ2n) is 5.62. The van der Waals surface area contributed by atoms with Crippen LogP contribution in [0.3, 0.4) is 0 Å². The molecule has 9 heteroatoms. The summed E-state index contributed by atoms with van der Waals surface area (Å²) in [6, 6.07) is 10.9. The minimum absolute atomic E-state index is 0.0161. The number of ketones is 1. The number of hydrogen-bond donors (Lipinski definition) is 0. The summed E-state index contributed by atoms with van der Waals surface area (Å²) in [4.78, 5) is 12.3. The number of ether oxygens (including phenoxy) is 3. The first-order valence-electron chi connectivity index (χ1n) is 8.20. The van der Waals surface area contributed by atoms with Crippen LogP contribution in [0.25, 0.3) is 11.3 Å². The van der Waals surface area contributed by atoms with E-state index in [4.69, 9.17) is 14.2 Å². The van der Waals surface area contributed by atoms with E-state index in [9.17, 15) is 4.79 Å². The van der Waals surface area contributed by atoms with Gasteiger partial charge in [-0.05, 0) is 36.2 Å². The van der Waals surface area contributed by atoms with Crippen molar-refractivity contribution in [3.63, 3.8) is 0 Å². The number of nitrogens with zero attached hydrogens (tertiary/aromatic N) is 3. The monoisotopic (exact) mass is 463 g/mol. The van der Waals surface area contributed by atoms with E-state index in [1.807, 2.05) is 12.1 Å². The van der Waals surface area contributed by atoms with Gasteiger partial charge in [0, 0.05) is 15.6 Å². The summed E-state index contributed by atoms with van der Waals surface area (Å²) in [5, 5.41) is 8.26. The number of hydrogen-bond acceptors (Lipinski definition) is 7. The van der Waals surface area contributed by atoms with Crippen molar-refractivity contribution in [1.29, 1.82) is 0 Å². The highest BCUT2D eigenvalue weighted by molar-refractivity contribution is 9.10. The lowest BCUT2D eigenvalue weighted by atomic mass is 10.1. The Morgan fingerprint density at radius 1 is 1.07 bits per heavy atom. The smallest absolute Gasteiger partial charge is 0.203 e. The molecule has 28 heavy (non-hydrogen) atoms. The van der Waals surface area contributed by atoms with Crippen LogP contribution in [0.2, 0.25) is 0 Å². The van der Waals surface area contributed by atoms with Crippen LogP contribution in [0.4, 0.5) is 0 Å². The molecule has 0 radical (unpaired) electrons. The Morgan fingerprint density at radius 2 is 1.71 bits per heavy atom. The number of halogens is 1. The van der Waals surface area contributed by atoms with E-state index in [0.717, 1.165) is 10.0 Å². The third-order valence-electron chi connectivity index (χ3n) is 3.93. The van der Waals surface area contributed by atoms with Crippen molar-refractivity contribution in [3.05, 3.63) is 52.6 Å². The highest BCUT2D eigenvalue weighted by atomic mass is 79.9. The molecule has 0 saturated carbocycles. The van der Waals surface area contributed by atoms with Crippen LogP contribution in [0.15, 0.2) is 47.1 Å². The molecule has 3 rings (SSSR count). The highest BCUT2D eigenvalue weighted by Gasteiger charge is 2.16. The van der Waals surface area contributed by atoms with Crippen LogP contribution in [0.5, 0.6) is 17.2 Å². The van der Waals surface area contributed by atoms with Crippen molar-refractivity contribution >= 4 is 33.7 Å². The molecule has 0 unspecified atom stereocenters. The summed E-state index contributed by atoms with van der Waals surface area (Å²) in [7, 11) is 4.67. The number of carbonyl (C=O) groups excluding carboxylic acids is 1. The van der Waals surface area contributed by atoms with Gasteiger partial charge in [-0.1, -0.05) is 33.3 Å². The van der Waals surface area contributed by atoms with Gasteiger partial charge in [-0.15, -0.1) is 5.10 Å². The van der Waals surface area contributed by atoms with Gasteiger partial charge in [0.1, 0.15) is 5.69 Å². The number of methoxy groups -OCH3 is 3. The summed E-state index contributed by atoms with van der Waals surface area (Å²) in [5.41, 5.74) is 2.05. The average molecular weight is 464 g/mol. The maximum absolute atomic E-state index is 12.3. The van der Waals surface area contributed by atoms with E-state index in [0.29, 0.717) is 28.5 Å². The second kappa shape index (κ2) is 9.11. The van der Waals surface area contributed by atoms with E-state index < -0.39 is 0 Å². The fourth-order valence-corrected chi connectivity index (χ4v) is 3.46. The number of benzene rings is 2. The maximum Gasteiger partial charge on any atom is 0.203 e. The minimum Gasteiger partial charge on any atom is -0.493 e. The fraction of sp³-hybridized carbons (Fsp3) is 0.211. The van der Waals surface area contributed by atoms with Crippen LogP contribution in [0, 0.1) is 0 Å². The molecule has 0 spiro atoms.